The molecule has 1 heterocycles. The molecule has 132 valence electrons. The fourth-order valence-corrected chi connectivity index (χ4v) is 3.75. The van der Waals surface area contributed by atoms with Crippen LogP contribution in [0.1, 0.15) is 48.0 Å². The average molecular weight is 337 g/mol. The summed E-state index contributed by atoms with van der Waals surface area (Å²) in [5.41, 5.74) is 2.01. The lowest BCUT2D eigenvalue weighted by Gasteiger charge is -2.39. The number of carbonyl (C=O) groups excluding carboxylic acids is 1. The molecular formula is C22H27NO2. The predicted octanol–water partition coefficient (Wildman–Crippen LogP) is 4.50. The molecular weight excluding hydrogens is 310 g/mol. The van der Waals surface area contributed by atoms with Crippen molar-refractivity contribution in [3.63, 3.8) is 0 Å². The van der Waals surface area contributed by atoms with Crippen LogP contribution in [-0.4, -0.2) is 36.6 Å². The van der Waals surface area contributed by atoms with Gasteiger partial charge >= 0.3 is 5.97 Å². The largest absolute Gasteiger partial charge is 0.461 e. The lowest BCUT2D eigenvalue weighted by atomic mass is 9.86. The summed E-state index contributed by atoms with van der Waals surface area (Å²) in [5.74, 6) is 0.261. The first-order valence-corrected chi connectivity index (χ1v) is 9.27. The highest BCUT2D eigenvalue weighted by Gasteiger charge is 2.28. The zero-order valence-electron chi connectivity index (χ0n) is 14.9. The summed E-state index contributed by atoms with van der Waals surface area (Å²) >= 11 is 0. The molecule has 2 aromatic rings. The third-order valence-corrected chi connectivity index (χ3v) is 5.19. The van der Waals surface area contributed by atoms with Gasteiger partial charge in [0.25, 0.3) is 0 Å². The Hall–Kier alpha value is -2.13. The Morgan fingerprint density at radius 2 is 1.76 bits per heavy atom. The van der Waals surface area contributed by atoms with Gasteiger partial charge in [-0.15, -0.1) is 0 Å². The smallest absolute Gasteiger partial charge is 0.338 e. The maximum absolute atomic E-state index is 12.1. The van der Waals surface area contributed by atoms with Crippen LogP contribution in [0.4, 0.5) is 0 Å². The van der Waals surface area contributed by atoms with Crippen molar-refractivity contribution < 1.29 is 9.53 Å². The number of piperidine rings is 1. The molecule has 1 aliphatic heterocycles. The van der Waals surface area contributed by atoms with Crippen molar-refractivity contribution in [2.45, 2.75) is 38.1 Å². The molecule has 2 atom stereocenters. The molecule has 0 aromatic heterocycles. The zero-order chi connectivity index (χ0) is 17.5. The lowest BCUT2D eigenvalue weighted by Crippen LogP contribution is -2.44. The molecule has 0 N–H and O–H groups in total. The van der Waals surface area contributed by atoms with Crippen molar-refractivity contribution in [2.24, 2.45) is 0 Å². The van der Waals surface area contributed by atoms with E-state index in [1.165, 1.54) is 24.8 Å². The Morgan fingerprint density at radius 3 is 2.48 bits per heavy atom. The minimum absolute atomic E-state index is 0.231. The van der Waals surface area contributed by atoms with Crippen LogP contribution in [0.15, 0.2) is 60.7 Å². The first kappa shape index (κ1) is 17.7. The SMILES string of the molecule is CC(c1ccccc1)C1CCCCN1CCOC(=O)c1ccccc1. The Balaban J connectivity index is 1.55. The summed E-state index contributed by atoms with van der Waals surface area (Å²) in [4.78, 5) is 14.6. The van der Waals surface area contributed by atoms with Crippen LogP contribution in [0.2, 0.25) is 0 Å². The summed E-state index contributed by atoms with van der Waals surface area (Å²) in [6.45, 7) is 4.66. The third kappa shape index (κ3) is 4.70. The minimum atomic E-state index is -0.231. The third-order valence-electron chi connectivity index (χ3n) is 5.19. The van der Waals surface area contributed by atoms with E-state index in [4.69, 9.17) is 4.74 Å². The molecule has 0 spiro atoms. The molecule has 2 aromatic carbocycles. The molecule has 1 fully saturated rings. The molecule has 0 saturated carbocycles. The van der Waals surface area contributed by atoms with E-state index in [1.54, 1.807) is 12.1 Å². The van der Waals surface area contributed by atoms with Gasteiger partial charge in [0.05, 0.1) is 5.56 Å². The number of carbonyl (C=O) groups is 1. The van der Waals surface area contributed by atoms with E-state index >= 15 is 0 Å². The van der Waals surface area contributed by atoms with E-state index < -0.39 is 0 Å². The Kier molecular flexibility index (Phi) is 6.24. The summed E-state index contributed by atoms with van der Waals surface area (Å²) in [6.07, 6.45) is 3.72. The Morgan fingerprint density at radius 1 is 1.08 bits per heavy atom. The molecule has 0 bridgehead atoms. The van der Waals surface area contributed by atoms with E-state index in [0.717, 1.165) is 13.1 Å². The molecule has 3 rings (SSSR count). The van der Waals surface area contributed by atoms with Crippen molar-refractivity contribution in [3.8, 4) is 0 Å². The quantitative estimate of drug-likeness (QED) is 0.727. The zero-order valence-corrected chi connectivity index (χ0v) is 14.9. The number of benzene rings is 2. The topological polar surface area (TPSA) is 29.5 Å². The summed E-state index contributed by atoms with van der Waals surface area (Å²) in [7, 11) is 0. The van der Waals surface area contributed by atoms with Crippen LogP contribution in [-0.2, 0) is 4.74 Å². The molecule has 0 amide bonds. The van der Waals surface area contributed by atoms with Gasteiger partial charge in [-0.3, -0.25) is 4.90 Å². The van der Waals surface area contributed by atoms with Crippen molar-refractivity contribution >= 4 is 5.97 Å². The van der Waals surface area contributed by atoms with Crippen molar-refractivity contribution in [1.82, 2.24) is 4.90 Å². The van der Waals surface area contributed by atoms with E-state index in [0.29, 0.717) is 24.1 Å². The minimum Gasteiger partial charge on any atom is -0.461 e. The average Bonchev–Trinajstić information content (AvgIpc) is 2.69. The number of esters is 1. The van der Waals surface area contributed by atoms with Gasteiger partial charge in [-0.25, -0.2) is 4.79 Å². The second-order valence-electron chi connectivity index (χ2n) is 6.80. The van der Waals surface area contributed by atoms with Gasteiger partial charge < -0.3 is 4.74 Å². The number of ether oxygens (including phenoxy) is 1. The van der Waals surface area contributed by atoms with Crippen molar-refractivity contribution in [2.75, 3.05) is 19.7 Å². The van der Waals surface area contributed by atoms with E-state index in [2.05, 4.69) is 42.2 Å². The van der Waals surface area contributed by atoms with Crippen LogP contribution >= 0.6 is 0 Å². The molecule has 2 unspecified atom stereocenters. The number of rotatable bonds is 6. The van der Waals surface area contributed by atoms with Gasteiger partial charge in [-0.2, -0.15) is 0 Å². The van der Waals surface area contributed by atoms with Gasteiger partial charge in [-0.05, 0) is 43.0 Å². The summed E-state index contributed by atoms with van der Waals surface area (Å²) in [6, 6.07) is 20.5. The molecule has 3 nitrogen and oxygen atoms in total. The van der Waals surface area contributed by atoms with Crippen LogP contribution in [0.25, 0.3) is 0 Å². The monoisotopic (exact) mass is 337 g/mol. The van der Waals surface area contributed by atoms with Crippen LogP contribution in [0.3, 0.4) is 0 Å². The molecule has 1 aliphatic rings. The number of likely N-dealkylation sites (tertiary alicyclic amines) is 1. The van der Waals surface area contributed by atoms with E-state index in [9.17, 15) is 4.79 Å². The van der Waals surface area contributed by atoms with E-state index in [-0.39, 0.29) is 5.97 Å². The van der Waals surface area contributed by atoms with E-state index in [1.807, 2.05) is 18.2 Å². The summed E-state index contributed by atoms with van der Waals surface area (Å²) < 4.78 is 5.48. The highest BCUT2D eigenvalue weighted by atomic mass is 16.5. The van der Waals surface area contributed by atoms with Crippen LogP contribution in [0.5, 0.6) is 0 Å². The second-order valence-corrected chi connectivity index (χ2v) is 6.80. The van der Waals surface area contributed by atoms with Gasteiger partial charge in [-0.1, -0.05) is 61.9 Å². The Bertz CT molecular complexity index is 656. The molecule has 0 radical (unpaired) electrons. The fraction of sp³-hybridized carbons (Fsp3) is 0.409. The fourth-order valence-electron chi connectivity index (χ4n) is 3.75. The summed E-state index contributed by atoms with van der Waals surface area (Å²) in [5, 5.41) is 0. The highest BCUT2D eigenvalue weighted by Crippen LogP contribution is 2.29. The Labute approximate surface area is 150 Å². The van der Waals surface area contributed by atoms with Gasteiger partial charge in [0.2, 0.25) is 0 Å². The maximum Gasteiger partial charge on any atom is 0.338 e. The van der Waals surface area contributed by atoms with Gasteiger partial charge in [0, 0.05) is 12.6 Å². The molecule has 1 saturated heterocycles. The van der Waals surface area contributed by atoms with Crippen LogP contribution in [0, 0.1) is 0 Å². The number of hydrogen-bond acceptors (Lipinski definition) is 3. The molecule has 25 heavy (non-hydrogen) atoms. The van der Waals surface area contributed by atoms with Gasteiger partial charge in [0.15, 0.2) is 0 Å². The molecule has 3 heteroatoms. The standard InChI is InChI=1S/C22H27NO2/c1-18(19-10-4-2-5-11-19)21-14-8-9-15-23(21)16-17-25-22(24)20-12-6-3-7-13-20/h2-7,10-13,18,21H,8-9,14-17H2,1H3. The van der Waals surface area contributed by atoms with Gasteiger partial charge in [0.1, 0.15) is 6.61 Å². The highest BCUT2D eigenvalue weighted by molar-refractivity contribution is 5.89. The first-order chi connectivity index (χ1) is 12.3. The normalized spacial score (nSPS) is 19.3. The first-order valence-electron chi connectivity index (χ1n) is 9.27. The lowest BCUT2D eigenvalue weighted by molar-refractivity contribution is 0.0390. The maximum atomic E-state index is 12.1. The number of nitrogens with zero attached hydrogens (tertiary/aromatic N) is 1. The van der Waals surface area contributed by atoms with Crippen molar-refractivity contribution in [3.05, 3.63) is 71.8 Å². The number of hydrogen-bond donors (Lipinski definition) is 0. The second kappa shape index (κ2) is 8.82. The van der Waals surface area contributed by atoms with Crippen molar-refractivity contribution in [1.29, 1.82) is 0 Å². The molecule has 0 aliphatic carbocycles. The van der Waals surface area contributed by atoms with Crippen LogP contribution < -0.4 is 0 Å². The predicted molar refractivity (Wildman–Crippen MR) is 101 cm³/mol.